The van der Waals surface area contributed by atoms with E-state index in [9.17, 15) is 4.79 Å². The normalized spacial score (nSPS) is 14.0. The highest BCUT2D eigenvalue weighted by molar-refractivity contribution is 5.84. The molecule has 9 heteroatoms. The van der Waals surface area contributed by atoms with E-state index in [1.807, 2.05) is 59.5 Å². The molecule has 1 fully saturated rings. The van der Waals surface area contributed by atoms with E-state index in [0.717, 1.165) is 22.8 Å². The average molecular weight is 429 g/mol. The van der Waals surface area contributed by atoms with Crippen LogP contribution in [0.1, 0.15) is 5.56 Å². The molecular weight excluding hydrogens is 406 g/mol. The number of rotatable bonds is 5. The first-order valence-electron chi connectivity index (χ1n) is 10.5. The van der Waals surface area contributed by atoms with Crippen LogP contribution in [-0.4, -0.2) is 69.1 Å². The third-order valence-electron chi connectivity index (χ3n) is 5.67. The first-order valence-corrected chi connectivity index (χ1v) is 10.5. The van der Waals surface area contributed by atoms with Gasteiger partial charge in [-0.3, -0.25) is 4.79 Å². The lowest BCUT2D eigenvalue weighted by atomic mass is 10.1. The standard InChI is InChI=1S/C23H23N7O2/c1-32-19-9-7-17(8-10-19)15-20(31)28-11-13-29(14-12-28)22-21-23(25-16-24-22)30(27-26-21)18-5-3-2-4-6-18/h2-10,16H,11-15H2,1H3. The quantitative estimate of drug-likeness (QED) is 0.480. The first-order chi connectivity index (χ1) is 15.7. The third kappa shape index (κ3) is 3.84. The Morgan fingerprint density at radius 2 is 1.72 bits per heavy atom. The van der Waals surface area contributed by atoms with Gasteiger partial charge in [-0.25, -0.2) is 9.97 Å². The fourth-order valence-electron chi connectivity index (χ4n) is 3.91. The van der Waals surface area contributed by atoms with E-state index in [1.165, 1.54) is 0 Å². The maximum Gasteiger partial charge on any atom is 0.227 e. The summed E-state index contributed by atoms with van der Waals surface area (Å²) in [6.07, 6.45) is 1.93. The van der Waals surface area contributed by atoms with E-state index < -0.39 is 0 Å². The highest BCUT2D eigenvalue weighted by Crippen LogP contribution is 2.23. The summed E-state index contributed by atoms with van der Waals surface area (Å²) >= 11 is 0. The van der Waals surface area contributed by atoms with Crippen LogP contribution in [0.3, 0.4) is 0 Å². The van der Waals surface area contributed by atoms with Gasteiger partial charge in [-0.05, 0) is 29.8 Å². The van der Waals surface area contributed by atoms with E-state index in [-0.39, 0.29) is 5.91 Å². The molecule has 0 N–H and O–H groups in total. The molecule has 2 aromatic heterocycles. The second kappa shape index (κ2) is 8.62. The van der Waals surface area contributed by atoms with Gasteiger partial charge in [0.2, 0.25) is 5.91 Å². The molecule has 0 unspecified atom stereocenters. The Balaban J connectivity index is 1.28. The van der Waals surface area contributed by atoms with Crippen molar-refractivity contribution in [1.82, 2.24) is 29.9 Å². The molecule has 3 heterocycles. The molecule has 0 radical (unpaired) electrons. The van der Waals surface area contributed by atoms with Crippen molar-refractivity contribution in [3.8, 4) is 11.4 Å². The number of aromatic nitrogens is 5. The van der Waals surface area contributed by atoms with Gasteiger partial charge in [0.25, 0.3) is 0 Å². The number of ether oxygens (including phenoxy) is 1. The largest absolute Gasteiger partial charge is 0.497 e. The molecule has 1 saturated heterocycles. The van der Waals surface area contributed by atoms with Gasteiger partial charge < -0.3 is 14.5 Å². The molecule has 0 aliphatic carbocycles. The lowest BCUT2D eigenvalue weighted by Gasteiger charge is -2.35. The number of para-hydroxylation sites is 1. The molecule has 162 valence electrons. The molecule has 0 spiro atoms. The summed E-state index contributed by atoms with van der Waals surface area (Å²) in [5.74, 6) is 1.66. The number of hydrogen-bond donors (Lipinski definition) is 0. The zero-order valence-corrected chi connectivity index (χ0v) is 17.8. The average Bonchev–Trinajstić information content (AvgIpc) is 3.29. The van der Waals surface area contributed by atoms with Crippen LogP contribution in [-0.2, 0) is 11.2 Å². The predicted molar refractivity (Wildman–Crippen MR) is 120 cm³/mol. The maximum absolute atomic E-state index is 12.8. The number of carbonyl (C=O) groups excluding carboxylic acids is 1. The molecule has 4 aromatic rings. The number of piperazine rings is 1. The van der Waals surface area contributed by atoms with Crippen LogP contribution in [0.25, 0.3) is 16.9 Å². The lowest BCUT2D eigenvalue weighted by molar-refractivity contribution is -0.130. The number of benzene rings is 2. The number of methoxy groups -OCH3 is 1. The minimum Gasteiger partial charge on any atom is -0.497 e. The fraction of sp³-hybridized carbons (Fsp3) is 0.261. The number of nitrogens with zero attached hydrogens (tertiary/aromatic N) is 7. The predicted octanol–water partition coefficient (Wildman–Crippen LogP) is 2.11. The van der Waals surface area contributed by atoms with Crippen LogP contribution in [0.15, 0.2) is 60.9 Å². The van der Waals surface area contributed by atoms with E-state index >= 15 is 0 Å². The van der Waals surface area contributed by atoms with E-state index in [1.54, 1.807) is 18.1 Å². The third-order valence-corrected chi connectivity index (χ3v) is 5.67. The van der Waals surface area contributed by atoms with Crippen molar-refractivity contribution < 1.29 is 9.53 Å². The summed E-state index contributed by atoms with van der Waals surface area (Å²) < 4.78 is 6.90. The van der Waals surface area contributed by atoms with Crippen LogP contribution < -0.4 is 9.64 Å². The Bertz CT molecular complexity index is 1220. The van der Waals surface area contributed by atoms with Crippen molar-refractivity contribution in [2.24, 2.45) is 0 Å². The SMILES string of the molecule is COc1ccc(CC(=O)N2CCN(c3ncnc4c3nnn4-c3ccccc3)CC2)cc1. The van der Waals surface area contributed by atoms with Crippen LogP contribution in [0.5, 0.6) is 5.75 Å². The van der Waals surface area contributed by atoms with Crippen molar-refractivity contribution >= 4 is 22.9 Å². The summed E-state index contributed by atoms with van der Waals surface area (Å²) in [6, 6.07) is 17.4. The smallest absolute Gasteiger partial charge is 0.227 e. The summed E-state index contributed by atoms with van der Waals surface area (Å²) in [7, 11) is 1.63. The van der Waals surface area contributed by atoms with E-state index in [4.69, 9.17) is 4.74 Å². The molecule has 0 bridgehead atoms. The molecule has 1 aliphatic heterocycles. The van der Waals surface area contributed by atoms with Gasteiger partial charge in [-0.2, -0.15) is 4.68 Å². The monoisotopic (exact) mass is 429 g/mol. The molecule has 5 rings (SSSR count). The van der Waals surface area contributed by atoms with Gasteiger partial charge in [0.15, 0.2) is 17.0 Å². The molecule has 9 nitrogen and oxygen atoms in total. The molecule has 1 amide bonds. The summed E-state index contributed by atoms with van der Waals surface area (Å²) in [6.45, 7) is 2.62. The molecule has 0 atom stereocenters. The van der Waals surface area contributed by atoms with Gasteiger partial charge in [0, 0.05) is 26.2 Å². The first kappa shape index (κ1) is 19.9. The fourth-order valence-corrected chi connectivity index (χ4v) is 3.91. The minimum atomic E-state index is 0.123. The van der Waals surface area contributed by atoms with Crippen LogP contribution in [0, 0.1) is 0 Å². The zero-order chi connectivity index (χ0) is 21.9. The van der Waals surface area contributed by atoms with E-state index in [2.05, 4.69) is 25.2 Å². The summed E-state index contributed by atoms with van der Waals surface area (Å²) in [5, 5.41) is 8.64. The van der Waals surface area contributed by atoms with Crippen LogP contribution in [0.2, 0.25) is 0 Å². The molecular formula is C23H23N7O2. The summed E-state index contributed by atoms with van der Waals surface area (Å²) in [5.41, 5.74) is 3.20. The topological polar surface area (TPSA) is 89.3 Å². The molecule has 1 aliphatic rings. The number of anilines is 1. The Kier molecular flexibility index (Phi) is 5.37. The second-order valence-corrected chi connectivity index (χ2v) is 7.60. The van der Waals surface area contributed by atoms with Crippen molar-refractivity contribution in [1.29, 1.82) is 0 Å². The van der Waals surface area contributed by atoms with Crippen molar-refractivity contribution in [2.75, 3.05) is 38.2 Å². The highest BCUT2D eigenvalue weighted by Gasteiger charge is 2.25. The number of carbonyl (C=O) groups is 1. The van der Waals surface area contributed by atoms with E-state index in [0.29, 0.717) is 43.8 Å². The second-order valence-electron chi connectivity index (χ2n) is 7.60. The van der Waals surface area contributed by atoms with Crippen molar-refractivity contribution in [2.45, 2.75) is 6.42 Å². The van der Waals surface area contributed by atoms with Crippen molar-refractivity contribution in [3.05, 3.63) is 66.5 Å². The Hall–Kier alpha value is -4.01. The Morgan fingerprint density at radius 1 is 0.969 bits per heavy atom. The molecule has 32 heavy (non-hydrogen) atoms. The lowest BCUT2D eigenvalue weighted by Crippen LogP contribution is -2.49. The van der Waals surface area contributed by atoms with Gasteiger partial charge in [0.05, 0.1) is 19.2 Å². The molecule has 0 saturated carbocycles. The highest BCUT2D eigenvalue weighted by atomic mass is 16.5. The van der Waals surface area contributed by atoms with Gasteiger partial charge in [0.1, 0.15) is 12.1 Å². The van der Waals surface area contributed by atoms with Gasteiger partial charge >= 0.3 is 0 Å². The Morgan fingerprint density at radius 3 is 2.44 bits per heavy atom. The number of amides is 1. The zero-order valence-electron chi connectivity index (χ0n) is 17.8. The number of fused-ring (bicyclic) bond motifs is 1. The van der Waals surface area contributed by atoms with Crippen molar-refractivity contribution in [3.63, 3.8) is 0 Å². The number of hydrogen-bond acceptors (Lipinski definition) is 7. The van der Waals surface area contributed by atoms with Crippen LogP contribution >= 0.6 is 0 Å². The van der Waals surface area contributed by atoms with Gasteiger partial charge in [-0.15, -0.1) is 5.10 Å². The van der Waals surface area contributed by atoms with Gasteiger partial charge in [-0.1, -0.05) is 35.5 Å². The van der Waals surface area contributed by atoms with Crippen LogP contribution in [0.4, 0.5) is 5.82 Å². The molecule has 2 aromatic carbocycles. The maximum atomic E-state index is 12.8. The Labute approximate surface area is 185 Å². The summed E-state index contributed by atoms with van der Waals surface area (Å²) in [4.78, 5) is 25.7. The minimum absolute atomic E-state index is 0.123.